The molecule has 1 aliphatic rings. The standard InChI is InChI=1S/C13H16N2O3S/c1-13(2,3)19(18)14-12-7-5-9-4-6-10(15(16)17)8-11(9)12/h4,6-8,14H,5H2,1-3H3/t19-/m1/s1. The van der Waals surface area contributed by atoms with Crippen LogP contribution in [0.15, 0.2) is 24.3 Å². The summed E-state index contributed by atoms with van der Waals surface area (Å²) in [5.74, 6) is 0. The largest absolute Gasteiger partial charge is 0.304 e. The summed E-state index contributed by atoms with van der Waals surface area (Å²) < 4.78 is 14.6. The minimum absolute atomic E-state index is 0.0508. The number of nitro benzene ring substituents is 1. The molecule has 0 amide bonds. The lowest BCUT2D eigenvalue weighted by molar-refractivity contribution is -0.384. The second kappa shape index (κ2) is 4.77. The quantitative estimate of drug-likeness (QED) is 0.683. The smallest absolute Gasteiger partial charge is 0.270 e. The number of benzene rings is 1. The average molecular weight is 280 g/mol. The van der Waals surface area contributed by atoms with Crippen LogP contribution in [0, 0.1) is 10.1 Å². The molecule has 0 spiro atoms. The normalized spacial score (nSPS) is 15.6. The summed E-state index contributed by atoms with van der Waals surface area (Å²) in [5.41, 5.74) is 2.55. The zero-order valence-corrected chi connectivity index (χ0v) is 11.9. The Balaban J connectivity index is 2.28. The highest BCUT2D eigenvalue weighted by atomic mass is 32.2. The predicted octanol–water partition coefficient (Wildman–Crippen LogP) is 2.54. The molecule has 1 aliphatic carbocycles. The first kappa shape index (κ1) is 13.7. The summed E-state index contributed by atoms with van der Waals surface area (Å²) in [5, 5.41) is 10.8. The van der Waals surface area contributed by atoms with Crippen LogP contribution in [0.1, 0.15) is 31.9 Å². The van der Waals surface area contributed by atoms with Crippen LogP contribution < -0.4 is 4.72 Å². The van der Waals surface area contributed by atoms with Crippen LogP contribution in [0.4, 0.5) is 5.69 Å². The number of non-ortho nitro benzene ring substituents is 1. The van der Waals surface area contributed by atoms with Crippen molar-refractivity contribution >= 4 is 22.4 Å². The lowest BCUT2D eigenvalue weighted by Crippen LogP contribution is -2.32. The van der Waals surface area contributed by atoms with Crippen LogP contribution in [-0.4, -0.2) is 13.9 Å². The van der Waals surface area contributed by atoms with Gasteiger partial charge in [-0.05, 0) is 32.8 Å². The van der Waals surface area contributed by atoms with Gasteiger partial charge in [-0.3, -0.25) is 10.1 Å². The molecular formula is C13H16N2O3S. The Bertz CT molecular complexity index is 588. The van der Waals surface area contributed by atoms with Gasteiger partial charge in [0.2, 0.25) is 0 Å². The summed E-state index contributed by atoms with van der Waals surface area (Å²) in [6.45, 7) is 5.62. The monoisotopic (exact) mass is 280 g/mol. The molecule has 1 aromatic carbocycles. The van der Waals surface area contributed by atoms with E-state index in [9.17, 15) is 14.3 Å². The molecule has 2 rings (SSSR count). The van der Waals surface area contributed by atoms with Gasteiger partial charge >= 0.3 is 0 Å². The number of nitrogens with one attached hydrogen (secondary N) is 1. The third kappa shape index (κ3) is 2.84. The van der Waals surface area contributed by atoms with E-state index in [2.05, 4.69) is 4.72 Å². The lowest BCUT2D eigenvalue weighted by atomic mass is 10.1. The number of nitro groups is 1. The topological polar surface area (TPSA) is 72.2 Å². The molecule has 0 fully saturated rings. The Kier molecular flexibility index (Phi) is 3.45. The van der Waals surface area contributed by atoms with Crippen molar-refractivity contribution in [3.8, 4) is 0 Å². The van der Waals surface area contributed by atoms with Gasteiger partial charge in [0.15, 0.2) is 0 Å². The summed E-state index contributed by atoms with van der Waals surface area (Å²) >= 11 is 0. The zero-order chi connectivity index (χ0) is 14.2. The molecule has 0 radical (unpaired) electrons. The third-order valence-corrected chi connectivity index (χ3v) is 4.40. The number of nitrogens with zero attached hydrogens (tertiary/aromatic N) is 1. The Morgan fingerprint density at radius 3 is 2.63 bits per heavy atom. The molecule has 0 saturated heterocycles. The Morgan fingerprint density at radius 2 is 2.05 bits per heavy atom. The molecular weight excluding hydrogens is 264 g/mol. The number of allylic oxidation sites excluding steroid dienone is 1. The van der Waals surface area contributed by atoms with Crippen LogP contribution >= 0.6 is 0 Å². The minimum Gasteiger partial charge on any atom is -0.304 e. The number of hydrogen-bond donors (Lipinski definition) is 1. The maximum absolute atomic E-state index is 12.1. The van der Waals surface area contributed by atoms with E-state index >= 15 is 0 Å². The molecule has 1 atom stereocenters. The minimum atomic E-state index is -1.24. The summed E-state index contributed by atoms with van der Waals surface area (Å²) in [6, 6.07) is 4.77. The Hall–Kier alpha value is -1.69. The number of hydrogen-bond acceptors (Lipinski definition) is 3. The van der Waals surface area contributed by atoms with Crippen molar-refractivity contribution in [2.75, 3.05) is 0 Å². The third-order valence-electron chi connectivity index (χ3n) is 2.88. The van der Waals surface area contributed by atoms with Gasteiger partial charge in [0.25, 0.3) is 5.69 Å². The SMILES string of the molecule is CC(C)(C)[S@@](=O)NC1=CCc2ccc([N+](=O)[O-])cc21. The second-order valence-electron chi connectivity index (χ2n) is 5.40. The van der Waals surface area contributed by atoms with Gasteiger partial charge in [0.1, 0.15) is 11.0 Å². The predicted molar refractivity (Wildman–Crippen MR) is 75.8 cm³/mol. The van der Waals surface area contributed by atoms with Crippen LogP contribution in [0.5, 0.6) is 0 Å². The molecule has 0 aromatic heterocycles. The molecule has 0 heterocycles. The van der Waals surface area contributed by atoms with Crippen molar-refractivity contribution in [2.45, 2.75) is 31.9 Å². The zero-order valence-electron chi connectivity index (χ0n) is 11.1. The van der Waals surface area contributed by atoms with Crippen LogP contribution in [0.2, 0.25) is 0 Å². The Morgan fingerprint density at radius 1 is 1.37 bits per heavy atom. The van der Waals surface area contributed by atoms with E-state index in [4.69, 9.17) is 0 Å². The first-order valence-corrected chi connectivity index (χ1v) is 7.10. The van der Waals surface area contributed by atoms with Crippen molar-refractivity contribution in [3.05, 3.63) is 45.5 Å². The molecule has 0 saturated carbocycles. The molecule has 0 aliphatic heterocycles. The van der Waals surface area contributed by atoms with Crippen molar-refractivity contribution < 1.29 is 9.13 Å². The summed E-state index contributed by atoms with van der Waals surface area (Å²) in [4.78, 5) is 10.4. The van der Waals surface area contributed by atoms with Gasteiger partial charge in [0, 0.05) is 17.7 Å². The van der Waals surface area contributed by atoms with E-state index in [1.54, 1.807) is 6.07 Å². The maximum atomic E-state index is 12.1. The molecule has 0 unspecified atom stereocenters. The van der Waals surface area contributed by atoms with Gasteiger partial charge < -0.3 is 4.72 Å². The Labute approximate surface area is 114 Å². The fourth-order valence-corrected chi connectivity index (χ4v) is 2.48. The van der Waals surface area contributed by atoms with Crippen molar-refractivity contribution in [1.29, 1.82) is 0 Å². The highest BCUT2D eigenvalue weighted by Crippen LogP contribution is 2.30. The lowest BCUT2D eigenvalue weighted by Gasteiger charge is -2.19. The molecule has 0 bridgehead atoms. The van der Waals surface area contributed by atoms with Crippen molar-refractivity contribution in [2.24, 2.45) is 0 Å². The van der Waals surface area contributed by atoms with E-state index in [1.807, 2.05) is 26.8 Å². The van der Waals surface area contributed by atoms with E-state index in [1.165, 1.54) is 12.1 Å². The molecule has 6 heteroatoms. The number of rotatable bonds is 3. The van der Waals surface area contributed by atoms with E-state index < -0.39 is 15.9 Å². The fourth-order valence-electron chi connectivity index (χ4n) is 1.78. The van der Waals surface area contributed by atoms with Crippen LogP contribution in [0.25, 0.3) is 5.70 Å². The van der Waals surface area contributed by atoms with Crippen LogP contribution in [0.3, 0.4) is 0 Å². The van der Waals surface area contributed by atoms with Crippen LogP contribution in [-0.2, 0) is 17.4 Å². The molecule has 5 nitrogen and oxygen atoms in total. The van der Waals surface area contributed by atoms with E-state index in [-0.39, 0.29) is 10.4 Å². The summed E-state index contributed by atoms with van der Waals surface area (Å²) in [7, 11) is -1.24. The van der Waals surface area contributed by atoms with E-state index in [0.29, 0.717) is 12.1 Å². The number of fused-ring (bicyclic) bond motifs is 1. The average Bonchev–Trinajstić information content (AvgIpc) is 2.70. The van der Waals surface area contributed by atoms with Crippen molar-refractivity contribution in [1.82, 2.24) is 4.72 Å². The summed E-state index contributed by atoms with van der Waals surface area (Å²) in [6.07, 6.45) is 2.62. The van der Waals surface area contributed by atoms with Crippen molar-refractivity contribution in [3.63, 3.8) is 0 Å². The molecule has 19 heavy (non-hydrogen) atoms. The van der Waals surface area contributed by atoms with Gasteiger partial charge in [0.05, 0.1) is 15.4 Å². The fraction of sp³-hybridized carbons (Fsp3) is 0.385. The van der Waals surface area contributed by atoms with Gasteiger partial charge in [-0.15, -0.1) is 0 Å². The van der Waals surface area contributed by atoms with E-state index in [0.717, 1.165) is 11.1 Å². The first-order chi connectivity index (χ1) is 8.79. The highest BCUT2D eigenvalue weighted by molar-refractivity contribution is 7.84. The molecule has 102 valence electrons. The first-order valence-electron chi connectivity index (χ1n) is 5.95. The maximum Gasteiger partial charge on any atom is 0.270 e. The van der Waals surface area contributed by atoms with Gasteiger partial charge in [-0.25, -0.2) is 4.21 Å². The van der Waals surface area contributed by atoms with Gasteiger partial charge in [-0.2, -0.15) is 0 Å². The highest BCUT2D eigenvalue weighted by Gasteiger charge is 2.24. The van der Waals surface area contributed by atoms with Gasteiger partial charge in [-0.1, -0.05) is 12.1 Å². The second-order valence-corrected chi connectivity index (χ2v) is 7.37. The molecule has 1 aromatic rings. The molecule has 1 N–H and O–H groups in total.